The molecule has 13 heteroatoms. The van der Waals surface area contributed by atoms with Crippen LogP contribution >= 0.6 is 0 Å². The first-order valence-corrected chi connectivity index (χ1v) is 16.2. The van der Waals surface area contributed by atoms with Crippen molar-refractivity contribution in [2.45, 2.75) is 86.0 Å². The van der Waals surface area contributed by atoms with Gasteiger partial charge in [-0.05, 0) is 82.7 Å². The van der Waals surface area contributed by atoms with Crippen LogP contribution in [0, 0.1) is 11.8 Å². The molecule has 3 rings (SSSR count). The van der Waals surface area contributed by atoms with Crippen molar-refractivity contribution in [2.24, 2.45) is 11.8 Å². The average Bonchev–Trinajstić information content (AvgIpc) is 3.87. The third kappa shape index (κ3) is 13.2. The summed E-state index contributed by atoms with van der Waals surface area (Å²) in [5.41, 5.74) is 0.351. The van der Waals surface area contributed by atoms with Crippen LogP contribution in [-0.4, -0.2) is 74.0 Å². The highest BCUT2D eigenvalue weighted by molar-refractivity contribution is 6.05. The predicted octanol–water partition coefficient (Wildman–Crippen LogP) is 5.27. The average molecular weight is 671 g/mol. The Hall–Kier alpha value is -4.68. The quantitative estimate of drug-likeness (QED) is 0.188. The first-order chi connectivity index (χ1) is 22.6. The zero-order valence-corrected chi connectivity index (χ0v) is 29.5. The SMILES string of the molecule is CCNC(=O)c1ccc(OC)cc1-c1ccc(C(=O)NCC2CC2)nc1C(=O)OC(C)OC(=O)C[C@@H](C)CC.CNC(=O)OC(C)(C)C. The van der Waals surface area contributed by atoms with Crippen molar-refractivity contribution in [2.75, 3.05) is 27.2 Å². The molecule has 3 N–H and O–H groups in total. The molecule has 1 heterocycles. The molecule has 0 bridgehead atoms. The van der Waals surface area contributed by atoms with Crippen LogP contribution in [0.4, 0.5) is 4.79 Å². The second-order valence-electron chi connectivity index (χ2n) is 12.4. The van der Waals surface area contributed by atoms with Gasteiger partial charge in [-0.25, -0.2) is 14.6 Å². The van der Waals surface area contributed by atoms with Crippen LogP contribution < -0.4 is 20.7 Å². The first-order valence-electron chi connectivity index (χ1n) is 16.2. The Kier molecular flexibility index (Phi) is 15.3. The Morgan fingerprint density at radius 1 is 0.938 bits per heavy atom. The number of nitrogens with zero attached hydrogens (tertiary/aromatic N) is 1. The summed E-state index contributed by atoms with van der Waals surface area (Å²) in [7, 11) is 3.02. The molecule has 1 fully saturated rings. The predicted molar refractivity (Wildman–Crippen MR) is 180 cm³/mol. The lowest BCUT2D eigenvalue weighted by atomic mass is 9.96. The monoisotopic (exact) mass is 670 g/mol. The Morgan fingerprint density at radius 3 is 2.17 bits per heavy atom. The minimum Gasteiger partial charge on any atom is -0.497 e. The summed E-state index contributed by atoms with van der Waals surface area (Å²) in [6, 6.07) is 7.88. The lowest BCUT2D eigenvalue weighted by Crippen LogP contribution is -2.30. The zero-order valence-electron chi connectivity index (χ0n) is 29.5. The van der Waals surface area contributed by atoms with Gasteiger partial charge in [-0.3, -0.25) is 14.4 Å². The molecule has 0 aliphatic heterocycles. The van der Waals surface area contributed by atoms with Crippen molar-refractivity contribution in [1.29, 1.82) is 0 Å². The van der Waals surface area contributed by atoms with Gasteiger partial charge in [0.15, 0.2) is 5.69 Å². The Labute approximate surface area is 282 Å². The largest absolute Gasteiger partial charge is 0.497 e. The molecule has 48 heavy (non-hydrogen) atoms. The minimum atomic E-state index is -1.19. The van der Waals surface area contributed by atoms with Crippen LogP contribution in [-0.2, 0) is 19.0 Å². The van der Waals surface area contributed by atoms with Gasteiger partial charge < -0.3 is 34.9 Å². The van der Waals surface area contributed by atoms with Crippen molar-refractivity contribution in [3.63, 3.8) is 0 Å². The summed E-state index contributed by atoms with van der Waals surface area (Å²) >= 11 is 0. The molecule has 13 nitrogen and oxygen atoms in total. The van der Waals surface area contributed by atoms with Crippen LogP contribution in [0.2, 0.25) is 0 Å². The van der Waals surface area contributed by atoms with E-state index in [1.165, 1.54) is 27.1 Å². The van der Waals surface area contributed by atoms with Gasteiger partial charge in [0.1, 0.15) is 17.0 Å². The number of amides is 3. The first kappa shape index (κ1) is 39.5. The maximum Gasteiger partial charge on any atom is 0.407 e. The minimum absolute atomic E-state index is 0.0234. The molecule has 1 saturated carbocycles. The number of rotatable bonds is 13. The molecule has 1 aromatic carbocycles. The molecule has 2 atom stereocenters. The molecule has 1 aliphatic carbocycles. The highest BCUT2D eigenvalue weighted by Gasteiger charge is 2.27. The van der Waals surface area contributed by atoms with E-state index >= 15 is 0 Å². The summed E-state index contributed by atoms with van der Waals surface area (Å²) in [6.45, 7) is 13.5. The standard InChI is InChI=1S/C29H37N3O7.C6H13NO2/c1-6-17(3)14-25(33)38-18(4)39-29(36)26-21(12-13-24(32-26)28(35)31-16-19-8-9-19)23-15-20(37-5)10-11-22(23)27(34)30-7-2;1-6(2,3)9-5(8)7-4/h10-13,15,17-19H,6-9,14,16H2,1-5H3,(H,30,34)(H,31,35);1-4H3,(H,7,8)/t17-,18?;/m0./s1. The van der Waals surface area contributed by atoms with E-state index in [1.54, 1.807) is 31.2 Å². The number of ether oxygens (including phenoxy) is 4. The molecule has 0 radical (unpaired) electrons. The van der Waals surface area contributed by atoms with Gasteiger partial charge in [0.25, 0.3) is 11.8 Å². The van der Waals surface area contributed by atoms with Crippen LogP contribution in [0.25, 0.3) is 11.1 Å². The molecular weight excluding hydrogens is 620 g/mol. The maximum absolute atomic E-state index is 13.4. The molecule has 1 aromatic heterocycles. The Morgan fingerprint density at radius 2 is 1.62 bits per heavy atom. The molecule has 3 amide bonds. The lowest BCUT2D eigenvalue weighted by Gasteiger charge is -2.18. The van der Waals surface area contributed by atoms with Crippen molar-refractivity contribution in [1.82, 2.24) is 20.9 Å². The van der Waals surface area contributed by atoms with E-state index in [0.29, 0.717) is 30.3 Å². The van der Waals surface area contributed by atoms with Crippen LogP contribution in [0.5, 0.6) is 5.75 Å². The highest BCUT2D eigenvalue weighted by Crippen LogP contribution is 2.32. The van der Waals surface area contributed by atoms with Gasteiger partial charge in [0.05, 0.1) is 7.11 Å². The van der Waals surface area contributed by atoms with E-state index in [9.17, 15) is 24.0 Å². The fourth-order valence-electron chi connectivity index (χ4n) is 4.16. The molecule has 264 valence electrons. The number of alkyl carbamates (subject to hydrolysis) is 1. The van der Waals surface area contributed by atoms with Gasteiger partial charge >= 0.3 is 18.0 Å². The third-order valence-corrected chi connectivity index (χ3v) is 7.05. The molecular formula is C35H50N4O9. The number of hydrogen-bond acceptors (Lipinski definition) is 10. The summed E-state index contributed by atoms with van der Waals surface area (Å²) in [5, 5.41) is 7.95. The third-order valence-electron chi connectivity index (χ3n) is 7.05. The van der Waals surface area contributed by atoms with E-state index < -0.39 is 24.1 Å². The fourth-order valence-corrected chi connectivity index (χ4v) is 4.16. The summed E-state index contributed by atoms with van der Waals surface area (Å²) < 4.78 is 20.9. The number of methoxy groups -OCH3 is 1. The van der Waals surface area contributed by atoms with Crippen LogP contribution in [0.1, 0.15) is 105 Å². The number of aromatic nitrogens is 1. The van der Waals surface area contributed by atoms with Gasteiger partial charge in [-0.1, -0.05) is 20.3 Å². The number of esters is 2. The molecule has 1 aliphatic rings. The second kappa shape index (κ2) is 18.6. The topological polar surface area (TPSA) is 171 Å². The number of hydrogen-bond donors (Lipinski definition) is 3. The van der Waals surface area contributed by atoms with Gasteiger partial charge in [0.2, 0.25) is 6.29 Å². The van der Waals surface area contributed by atoms with E-state index in [4.69, 9.17) is 18.9 Å². The summed E-state index contributed by atoms with van der Waals surface area (Å²) in [4.78, 5) is 66.1. The molecule has 0 saturated heterocycles. The molecule has 0 spiro atoms. The normalized spacial score (nSPS) is 13.4. The van der Waals surface area contributed by atoms with E-state index in [2.05, 4.69) is 20.9 Å². The van der Waals surface area contributed by atoms with Crippen molar-refractivity contribution in [3.05, 3.63) is 47.3 Å². The molecule has 1 unspecified atom stereocenters. The van der Waals surface area contributed by atoms with Gasteiger partial charge in [0, 0.05) is 50.2 Å². The van der Waals surface area contributed by atoms with Gasteiger partial charge in [-0.2, -0.15) is 0 Å². The Bertz CT molecular complexity index is 1430. The van der Waals surface area contributed by atoms with Crippen LogP contribution in [0.15, 0.2) is 30.3 Å². The number of carbonyl (C=O) groups excluding carboxylic acids is 5. The second-order valence-corrected chi connectivity index (χ2v) is 12.4. The summed E-state index contributed by atoms with van der Waals surface area (Å²) in [5.74, 6) is -1.14. The van der Waals surface area contributed by atoms with Crippen LogP contribution in [0.3, 0.4) is 0 Å². The highest BCUT2D eigenvalue weighted by atomic mass is 16.7. The number of benzene rings is 1. The Balaban J connectivity index is 0.000000778. The number of pyridine rings is 1. The fraction of sp³-hybridized carbons (Fsp3) is 0.543. The lowest BCUT2D eigenvalue weighted by molar-refractivity contribution is -0.166. The zero-order chi connectivity index (χ0) is 36.0. The summed E-state index contributed by atoms with van der Waals surface area (Å²) in [6.07, 6.45) is 1.55. The van der Waals surface area contributed by atoms with Crippen molar-refractivity contribution < 1.29 is 42.9 Å². The smallest absolute Gasteiger partial charge is 0.407 e. The van der Waals surface area contributed by atoms with Gasteiger partial charge in [-0.15, -0.1) is 0 Å². The van der Waals surface area contributed by atoms with E-state index in [1.807, 2.05) is 34.6 Å². The number of nitrogens with one attached hydrogen (secondary N) is 3. The number of carbonyl (C=O) groups is 5. The maximum atomic E-state index is 13.4. The van der Waals surface area contributed by atoms with E-state index in [-0.39, 0.29) is 52.5 Å². The van der Waals surface area contributed by atoms with Crippen molar-refractivity contribution >= 4 is 29.8 Å². The molecule has 2 aromatic rings. The van der Waals surface area contributed by atoms with Crippen molar-refractivity contribution in [3.8, 4) is 16.9 Å². The van der Waals surface area contributed by atoms with E-state index in [0.717, 1.165) is 19.3 Å².